The highest BCUT2D eigenvalue weighted by molar-refractivity contribution is 7.89. The van der Waals surface area contributed by atoms with Crippen LogP contribution in [0.5, 0.6) is 11.5 Å². The first-order valence-electron chi connectivity index (χ1n) is 9.55. The Hall–Kier alpha value is -2.79. The van der Waals surface area contributed by atoms with E-state index in [0.717, 1.165) is 17.7 Å². The Kier molecular flexibility index (Phi) is 8.13. The van der Waals surface area contributed by atoms with Gasteiger partial charge >= 0.3 is 6.18 Å². The molecule has 0 bridgehead atoms. The second kappa shape index (κ2) is 10.2. The van der Waals surface area contributed by atoms with Crippen LogP contribution in [0.1, 0.15) is 18.1 Å². The van der Waals surface area contributed by atoms with Gasteiger partial charge in [0, 0.05) is 13.6 Å². The summed E-state index contributed by atoms with van der Waals surface area (Å²) in [5.74, 6) is 0.504. The van der Waals surface area contributed by atoms with E-state index in [1.807, 2.05) is 4.72 Å². The van der Waals surface area contributed by atoms with Crippen molar-refractivity contribution >= 4 is 15.9 Å². The van der Waals surface area contributed by atoms with Gasteiger partial charge in [-0.25, -0.2) is 8.42 Å². The topological polar surface area (TPSA) is 84.9 Å². The number of hydrogen-bond donors (Lipinski definition) is 1. The van der Waals surface area contributed by atoms with Crippen LogP contribution in [0, 0.1) is 0 Å². The first kappa shape index (κ1) is 25.5. The summed E-state index contributed by atoms with van der Waals surface area (Å²) in [5, 5.41) is 0. The van der Waals surface area contributed by atoms with Gasteiger partial charge in [0.25, 0.3) is 0 Å². The molecule has 7 nitrogen and oxygen atoms in total. The summed E-state index contributed by atoms with van der Waals surface area (Å²) < 4.78 is 77.1. The van der Waals surface area contributed by atoms with E-state index in [1.165, 1.54) is 39.2 Å². The van der Waals surface area contributed by atoms with E-state index in [1.54, 1.807) is 18.2 Å². The molecule has 2 rings (SSSR count). The van der Waals surface area contributed by atoms with Crippen molar-refractivity contribution < 1.29 is 35.9 Å². The molecule has 0 aromatic heterocycles. The minimum Gasteiger partial charge on any atom is -0.493 e. The zero-order chi connectivity index (χ0) is 24.1. The molecule has 0 aliphatic heterocycles. The van der Waals surface area contributed by atoms with Crippen molar-refractivity contribution in [1.82, 2.24) is 9.62 Å². The van der Waals surface area contributed by atoms with E-state index >= 15 is 0 Å². The molecule has 0 unspecified atom stereocenters. The number of ether oxygens (including phenoxy) is 2. The molecule has 1 amide bonds. The molecule has 1 N–H and O–H groups in total. The summed E-state index contributed by atoms with van der Waals surface area (Å²) in [6.45, 7) is 1.53. The molecule has 2 aromatic carbocycles. The molecule has 0 heterocycles. The normalized spacial score (nSPS) is 12.8. The molecule has 0 spiro atoms. The van der Waals surface area contributed by atoms with Crippen LogP contribution in [0.15, 0.2) is 47.4 Å². The molecule has 0 aliphatic carbocycles. The van der Waals surface area contributed by atoms with Crippen molar-refractivity contribution in [2.75, 3.05) is 27.8 Å². The Labute approximate surface area is 185 Å². The Balaban J connectivity index is 2.08. The molecule has 0 radical (unpaired) electrons. The van der Waals surface area contributed by atoms with Crippen LogP contribution in [0.25, 0.3) is 0 Å². The number of nitrogens with zero attached hydrogens (tertiary/aromatic N) is 1. The number of carbonyl (C=O) groups is 1. The molecule has 1 atom stereocenters. The monoisotopic (exact) mass is 474 g/mol. The number of halogens is 3. The van der Waals surface area contributed by atoms with E-state index in [0.29, 0.717) is 24.0 Å². The van der Waals surface area contributed by atoms with Gasteiger partial charge < -0.3 is 14.4 Å². The lowest BCUT2D eigenvalue weighted by Crippen LogP contribution is -2.46. The summed E-state index contributed by atoms with van der Waals surface area (Å²) in [6.07, 6.45) is -4.41. The zero-order valence-electron chi connectivity index (χ0n) is 18.1. The number of benzene rings is 2. The van der Waals surface area contributed by atoms with Crippen LogP contribution < -0.4 is 14.2 Å². The van der Waals surface area contributed by atoms with Crippen molar-refractivity contribution in [2.24, 2.45) is 0 Å². The lowest BCUT2D eigenvalue weighted by atomic mass is 10.1. The van der Waals surface area contributed by atoms with Gasteiger partial charge in [-0.15, -0.1) is 0 Å². The quantitative estimate of drug-likeness (QED) is 0.604. The minimum atomic E-state index is -4.85. The highest BCUT2D eigenvalue weighted by atomic mass is 32.2. The summed E-state index contributed by atoms with van der Waals surface area (Å²) in [7, 11) is -0.0845. The van der Waals surface area contributed by atoms with E-state index < -0.39 is 38.6 Å². The fraction of sp³-hybridized carbons (Fsp3) is 0.381. The second-order valence-corrected chi connectivity index (χ2v) is 8.72. The molecule has 0 saturated heterocycles. The summed E-state index contributed by atoms with van der Waals surface area (Å²) in [4.78, 5) is 13.0. The van der Waals surface area contributed by atoms with Crippen LogP contribution >= 0.6 is 0 Å². The number of nitrogens with one attached hydrogen (secondary N) is 1. The average molecular weight is 475 g/mol. The molecule has 32 heavy (non-hydrogen) atoms. The van der Waals surface area contributed by atoms with Crippen LogP contribution in [0.3, 0.4) is 0 Å². The van der Waals surface area contributed by atoms with Gasteiger partial charge in [-0.2, -0.15) is 17.9 Å². The van der Waals surface area contributed by atoms with Crippen LogP contribution in [0.4, 0.5) is 13.2 Å². The number of hydrogen-bond acceptors (Lipinski definition) is 5. The fourth-order valence-electron chi connectivity index (χ4n) is 3.06. The van der Waals surface area contributed by atoms with Gasteiger partial charge in [-0.1, -0.05) is 18.2 Å². The van der Waals surface area contributed by atoms with Gasteiger partial charge in [0.15, 0.2) is 11.5 Å². The first-order valence-corrected chi connectivity index (χ1v) is 11.0. The smallest absolute Gasteiger partial charge is 0.417 e. The fourth-order valence-corrected chi connectivity index (χ4v) is 4.48. The maximum atomic E-state index is 13.2. The Morgan fingerprint density at radius 3 is 2.31 bits per heavy atom. The summed E-state index contributed by atoms with van der Waals surface area (Å²) in [5.41, 5.74) is -0.441. The maximum Gasteiger partial charge on any atom is 0.417 e. The lowest BCUT2D eigenvalue weighted by molar-refractivity contribution is -0.139. The molecular weight excluding hydrogens is 449 g/mol. The van der Waals surface area contributed by atoms with E-state index in [-0.39, 0.29) is 6.54 Å². The van der Waals surface area contributed by atoms with Crippen molar-refractivity contribution in [3.05, 3.63) is 53.6 Å². The lowest BCUT2D eigenvalue weighted by Gasteiger charge is -2.23. The van der Waals surface area contributed by atoms with Crippen molar-refractivity contribution in [1.29, 1.82) is 0 Å². The first-order chi connectivity index (χ1) is 14.9. The molecule has 11 heteroatoms. The molecule has 0 fully saturated rings. The SMILES string of the molecule is COc1ccc(CCN(C)C(=O)[C@H](C)NS(=O)(=O)c2ccccc2C(F)(F)F)cc1OC. The van der Waals surface area contributed by atoms with E-state index in [9.17, 15) is 26.4 Å². The second-order valence-electron chi connectivity index (χ2n) is 7.04. The number of methoxy groups -OCH3 is 2. The highest BCUT2D eigenvalue weighted by Crippen LogP contribution is 2.34. The van der Waals surface area contributed by atoms with Crippen LogP contribution in [-0.2, 0) is 27.4 Å². The maximum absolute atomic E-state index is 13.2. The number of alkyl halides is 3. The van der Waals surface area contributed by atoms with E-state index in [2.05, 4.69) is 0 Å². The third-order valence-corrected chi connectivity index (χ3v) is 6.34. The molecule has 0 saturated carbocycles. The molecular formula is C21H25F3N2O5S. The van der Waals surface area contributed by atoms with Crippen molar-refractivity contribution in [3.8, 4) is 11.5 Å². The molecule has 0 aliphatic rings. The van der Waals surface area contributed by atoms with Gasteiger partial charge in [0.2, 0.25) is 15.9 Å². The Bertz CT molecular complexity index is 1060. The number of sulfonamides is 1. The predicted molar refractivity (Wildman–Crippen MR) is 112 cm³/mol. The number of rotatable bonds is 9. The summed E-state index contributed by atoms with van der Waals surface area (Å²) in [6, 6.07) is 7.84. The Morgan fingerprint density at radius 2 is 1.72 bits per heavy atom. The van der Waals surface area contributed by atoms with Gasteiger partial charge in [-0.05, 0) is 43.2 Å². The van der Waals surface area contributed by atoms with Crippen molar-refractivity contribution in [2.45, 2.75) is 30.5 Å². The van der Waals surface area contributed by atoms with Crippen molar-refractivity contribution in [3.63, 3.8) is 0 Å². The van der Waals surface area contributed by atoms with E-state index in [4.69, 9.17) is 9.47 Å². The molecule has 2 aromatic rings. The van der Waals surface area contributed by atoms with Gasteiger partial charge in [-0.3, -0.25) is 4.79 Å². The van der Waals surface area contributed by atoms with Gasteiger partial charge in [0.05, 0.1) is 30.7 Å². The Morgan fingerprint density at radius 1 is 1.09 bits per heavy atom. The van der Waals surface area contributed by atoms with Gasteiger partial charge in [0.1, 0.15) is 0 Å². The summed E-state index contributed by atoms with van der Waals surface area (Å²) >= 11 is 0. The zero-order valence-corrected chi connectivity index (χ0v) is 18.9. The number of carbonyl (C=O) groups excluding carboxylic acids is 1. The average Bonchev–Trinajstić information content (AvgIpc) is 2.75. The third-order valence-electron chi connectivity index (χ3n) is 4.74. The van der Waals surface area contributed by atoms with Crippen LogP contribution in [-0.4, -0.2) is 53.1 Å². The standard InChI is InChI=1S/C21H25F3N2O5S/c1-14(25-32(28,29)19-8-6-5-7-16(19)21(22,23)24)20(27)26(2)12-11-15-9-10-17(30-3)18(13-15)31-4/h5-10,13-14,25H,11-12H2,1-4H3/t14-/m0/s1. The molecule has 176 valence electrons. The number of likely N-dealkylation sites (N-methyl/N-ethyl adjacent to an activating group) is 1. The predicted octanol–water partition coefficient (Wildman–Crippen LogP) is 3.09. The van der Waals surface area contributed by atoms with Crippen LogP contribution in [0.2, 0.25) is 0 Å². The third kappa shape index (κ3) is 6.13. The minimum absolute atomic E-state index is 0.250. The largest absolute Gasteiger partial charge is 0.493 e. The highest BCUT2D eigenvalue weighted by Gasteiger charge is 2.37. The number of amides is 1.